The van der Waals surface area contributed by atoms with Gasteiger partial charge in [-0.2, -0.15) is 0 Å². The second-order valence-electron chi connectivity index (χ2n) is 5.39. The molecule has 2 rings (SSSR count). The van der Waals surface area contributed by atoms with Gasteiger partial charge in [-0.3, -0.25) is 0 Å². The highest BCUT2D eigenvalue weighted by molar-refractivity contribution is 4.99. The van der Waals surface area contributed by atoms with Crippen molar-refractivity contribution >= 4 is 0 Å². The summed E-state index contributed by atoms with van der Waals surface area (Å²) in [4.78, 5) is 0. The Morgan fingerprint density at radius 1 is 1.14 bits per heavy atom. The van der Waals surface area contributed by atoms with Gasteiger partial charge < -0.3 is 4.74 Å². The standard InChI is InChI=1S/C13H24O/c1-4-5-6-7-11-8-9(2)12-13(14-12)10(11)3/h9-13H,4-8H2,1-3H3. The molecule has 1 heteroatoms. The number of unbranched alkanes of at least 4 members (excludes halogenated alkanes) is 2. The van der Waals surface area contributed by atoms with Crippen molar-refractivity contribution in [1.82, 2.24) is 0 Å². The summed E-state index contributed by atoms with van der Waals surface area (Å²) in [6, 6.07) is 0. The summed E-state index contributed by atoms with van der Waals surface area (Å²) in [5, 5.41) is 0. The molecule has 0 bridgehead atoms. The summed E-state index contributed by atoms with van der Waals surface area (Å²) < 4.78 is 5.74. The zero-order valence-electron chi connectivity index (χ0n) is 9.83. The van der Waals surface area contributed by atoms with Gasteiger partial charge in [0.15, 0.2) is 0 Å². The van der Waals surface area contributed by atoms with Crippen LogP contribution in [0.5, 0.6) is 0 Å². The monoisotopic (exact) mass is 196 g/mol. The highest BCUT2D eigenvalue weighted by Gasteiger charge is 2.52. The molecular formula is C13H24O. The second kappa shape index (κ2) is 4.22. The third kappa shape index (κ3) is 1.98. The maximum Gasteiger partial charge on any atom is 0.0872 e. The fourth-order valence-electron chi connectivity index (χ4n) is 3.15. The summed E-state index contributed by atoms with van der Waals surface area (Å²) in [5.74, 6) is 2.59. The predicted molar refractivity (Wildman–Crippen MR) is 59.2 cm³/mol. The van der Waals surface area contributed by atoms with Crippen LogP contribution in [0.2, 0.25) is 0 Å². The average molecular weight is 196 g/mol. The molecular weight excluding hydrogens is 172 g/mol. The first kappa shape index (κ1) is 10.5. The number of rotatable bonds is 4. The summed E-state index contributed by atoms with van der Waals surface area (Å²) in [6.45, 7) is 7.05. The van der Waals surface area contributed by atoms with Crippen molar-refractivity contribution in [2.45, 2.75) is 65.1 Å². The van der Waals surface area contributed by atoms with Crippen LogP contribution < -0.4 is 0 Å². The smallest absolute Gasteiger partial charge is 0.0872 e. The first-order chi connectivity index (χ1) is 6.74. The molecule has 14 heavy (non-hydrogen) atoms. The quantitative estimate of drug-likeness (QED) is 0.494. The normalized spacial score (nSPS) is 46.1. The molecule has 0 radical (unpaired) electrons. The van der Waals surface area contributed by atoms with Crippen LogP contribution >= 0.6 is 0 Å². The van der Waals surface area contributed by atoms with E-state index >= 15 is 0 Å². The van der Waals surface area contributed by atoms with Gasteiger partial charge in [0, 0.05) is 0 Å². The van der Waals surface area contributed by atoms with Crippen molar-refractivity contribution in [3.8, 4) is 0 Å². The summed E-state index contributed by atoms with van der Waals surface area (Å²) in [6.07, 6.45) is 8.29. The lowest BCUT2D eigenvalue weighted by atomic mass is 9.73. The Kier molecular flexibility index (Phi) is 3.16. The second-order valence-corrected chi connectivity index (χ2v) is 5.39. The van der Waals surface area contributed by atoms with Gasteiger partial charge in [0.25, 0.3) is 0 Å². The molecule has 0 N–H and O–H groups in total. The zero-order valence-corrected chi connectivity index (χ0v) is 9.83. The molecule has 0 aromatic rings. The maximum absolute atomic E-state index is 5.74. The highest BCUT2D eigenvalue weighted by Crippen LogP contribution is 2.48. The molecule has 5 atom stereocenters. The minimum atomic E-state index is 0.630. The Labute approximate surface area is 88.2 Å². The Bertz CT molecular complexity index is 190. The number of hydrogen-bond donors (Lipinski definition) is 0. The molecule has 0 amide bonds. The fraction of sp³-hybridized carbons (Fsp3) is 1.00. The van der Waals surface area contributed by atoms with Crippen LogP contribution in [0.4, 0.5) is 0 Å². The molecule has 2 fully saturated rings. The minimum absolute atomic E-state index is 0.630. The Morgan fingerprint density at radius 3 is 2.64 bits per heavy atom. The largest absolute Gasteiger partial charge is 0.369 e. The SMILES string of the molecule is CCCCCC1CC(C)C2OC2C1C. The van der Waals surface area contributed by atoms with Crippen molar-refractivity contribution in [3.05, 3.63) is 0 Å². The number of epoxide rings is 1. The van der Waals surface area contributed by atoms with Crippen molar-refractivity contribution < 1.29 is 4.74 Å². The number of ether oxygens (including phenoxy) is 1. The molecule has 1 nitrogen and oxygen atoms in total. The van der Waals surface area contributed by atoms with Crippen molar-refractivity contribution in [2.24, 2.45) is 17.8 Å². The first-order valence-electron chi connectivity index (χ1n) is 6.39. The Morgan fingerprint density at radius 2 is 1.93 bits per heavy atom. The average Bonchev–Trinajstić information content (AvgIpc) is 2.93. The maximum atomic E-state index is 5.74. The van der Waals surface area contributed by atoms with Crippen LogP contribution in [-0.4, -0.2) is 12.2 Å². The molecule has 5 unspecified atom stereocenters. The third-order valence-corrected chi connectivity index (χ3v) is 4.24. The van der Waals surface area contributed by atoms with E-state index in [4.69, 9.17) is 4.74 Å². The molecule has 1 aliphatic carbocycles. The van der Waals surface area contributed by atoms with Crippen molar-refractivity contribution in [3.63, 3.8) is 0 Å². The van der Waals surface area contributed by atoms with E-state index in [1.54, 1.807) is 0 Å². The fourth-order valence-corrected chi connectivity index (χ4v) is 3.15. The molecule has 0 spiro atoms. The van der Waals surface area contributed by atoms with Gasteiger partial charge in [-0.25, -0.2) is 0 Å². The van der Waals surface area contributed by atoms with E-state index in [1.807, 2.05) is 0 Å². The van der Waals surface area contributed by atoms with Gasteiger partial charge in [0.1, 0.15) is 0 Å². The molecule has 0 aromatic carbocycles. The zero-order chi connectivity index (χ0) is 10.1. The van der Waals surface area contributed by atoms with E-state index in [1.165, 1.54) is 32.1 Å². The molecule has 0 aromatic heterocycles. The summed E-state index contributed by atoms with van der Waals surface area (Å²) >= 11 is 0. The van der Waals surface area contributed by atoms with Crippen LogP contribution in [0.1, 0.15) is 52.9 Å². The van der Waals surface area contributed by atoms with E-state index in [2.05, 4.69) is 20.8 Å². The summed E-state index contributed by atoms with van der Waals surface area (Å²) in [5.41, 5.74) is 0. The van der Waals surface area contributed by atoms with Crippen LogP contribution in [0.15, 0.2) is 0 Å². The molecule has 82 valence electrons. The van der Waals surface area contributed by atoms with E-state index in [9.17, 15) is 0 Å². The van der Waals surface area contributed by atoms with E-state index in [0.29, 0.717) is 12.2 Å². The minimum Gasteiger partial charge on any atom is -0.369 e. The summed E-state index contributed by atoms with van der Waals surface area (Å²) in [7, 11) is 0. The topological polar surface area (TPSA) is 12.5 Å². The number of hydrogen-bond acceptors (Lipinski definition) is 1. The van der Waals surface area contributed by atoms with Crippen LogP contribution in [0.25, 0.3) is 0 Å². The van der Waals surface area contributed by atoms with E-state index in [-0.39, 0.29) is 0 Å². The molecule has 1 aliphatic heterocycles. The van der Waals surface area contributed by atoms with Crippen LogP contribution in [0.3, 0.4) is 0 Å². The van der Waals surface area contributed by atoms with Gasteiger partial charge in [-0.1, -0.05) is 46.5 Å². The Balaban J connectivity index is 1.79. The lowest BCUT2D eigenvalue weighted by Gasteiger charge is -2.29. The van der Waals surface area contributed by atoms with Crippen LogP contribution in [0, 0.1) is 17.8 Å². The van der Waals surface area contributed by atoms with Crippen LogP contribution in [-0.2, 0) is 4.74 Å². The predicted octanol–water partition coefficient (Wildman–Crippen LogP) is 3.63. The molecule has 1 heterocycles. The molecule has 1 saturated heterocycles. The van der Waals surface area contributed by atoms with Crippen molar-refractivity contribution in [2.75, 3.05) is 0 Å². The highest BCUT2D eigenvalue weighted by atomic mass is 16.6. The van der Waals surface area contributed by atoms with Gasteiger partial charge in [-0.05, 0) is 24.2 Å². The molecule has 2 aliphatic rings. The van der Waals surface area contributed by atoms with Crippen molar-refractivity contribution in [1.29, 1.82) is 0 Å². The first-order valence-corrected chi connectivity index (χ1v) is 6.39. The lowest BCUT2D eigenvalue weighted by Crippen LogP contribution is -2.29. The molecule has 1 saturated carbocycles. The Hall–Kier alpha value is -0.0400. The third-order valence-electron chi connectivity index (χ3n) is 4.24. The van der Waals surface area contributed by atoms with Gasteiger partial charge >= 0.3 is 0 Å². The van der Waals surface area contributed by atoms with Gasteiger partial charge in [-0.15, -0.1) is 0 Å². The van der Waals surface area contributed by atoms with E-state index < -0.39 is 0 Å². The van der Waals surface area contributed by atoms with Gasteiger partial charge in [0.2, 0.25) is 0 Å². The van der Waals surface area contributed by atoms with Gasteiger partial charge in [0.05, 0.1) is 12.2 Å². The number of fused-ring (bicyclic) bond motifs is 1. The lowest BCUT2D eigenvalue weighted by molar-refractivity contribution is 0.220. The van der Waals surface area contributed by atoms with E-state index in [0.717, 1.165) is 17.8 Å².